The third kappa shape index (κ3) is 3.64. The van der Waals surface area contributed by atoms with Gasteiger partial charge in [0.05, 0.1) is 18.6 Å². The van der Waals surface area contributed by atoms with E-state index in [1.54, 1.807) is 13.4 Å². The molecule has 0 spiro atoms. The molecule has 1 aliphatic rings. The van der Waals surface area contributed by atoms with Crippen molar-refractivity contribution in [3.8, 4) is 22.8 Å². The number of nitrogens with one attached hydrogen (secondary N) is 2. The van der Waals surface area contributed by atoms with Crippen molar-refractivity contribution in [1.29, 1.82) is 0 Å². The van der Waals surface area contributed by atoms with Crippen LogP contribution in [0.5, 0.6) is 0 Å². The highest BCUT2D eigenvalue weighted by atomic mass is 16.5. The first-order chi connectivity index (χ1) is 13.3. The highest BCUT2D eigenvalue weighted by Crippen LogP contribution is 2.30. The number of aromatic nitrogens is 5. The number of hydrogen-bond donors (Lipinski definition) is 2. The van der Waals surface area contributed by atoms with Gasteiger partial charge in [0.25, 0.3) is 0 Å². The van der Waals surface area contributed by atoms with Crippen molar-refractivity contribution in [3.05, 3.63) is 43.0 Å². The highest BCUT2D eigenvalue weighted by molar-refractivity contribution is 5.75. The summed E-state index contributed by atoms with van der Waals surface area (Å²) < 4.78 is 9.34. The molecule has 2 unspecified atom stereocenters. The summed E-state index contributed by atoms with van der Waals surface area (Å²) in [5, 5.41) is 4.35. The van der Waals surface area contributed by atoms with Gasteiger partial charge in [-0.1, -0.05) is 30.3 Å². The van der Waals surface area contributed by atoms with Gasteiger partial charge in [-0.25, -0.2) is 14.6 Å². The van der Waals surface area contributed by atoms with Crippen molar-refractivity contribution in [2.45, 2.75) is 38.5 Å². The van der Waals surface area contributed by atoms with E-state index in [4.69, 9.17) is 9.72 Å². The smallest absolute Gasteiger partial charge is 0.177 e. The van der Waals surface area contributed by atoms with Crippen LogP contribution in [-0.4, -0.2) is 50.1 Å². The Hall–Kier alpha value is -2.55. The fourth-order valence-electron chi connectivity index (χ4n) is 3.61. The lowest BCUT2D eigenvalue weighted by molar-refractivity contribution is 0.171. The predicted octanol–water partition coefficient (Wildman–Crippen LogP) is 1.71. The Morgan fingerprint density at radius 1 is 1.15 bits per heavy atom. The molecule has 0 saturated carbocycles. The Morgan fingerprint density at radius 2 is 1.96 bits per heavy atom. The van der Waals surface area contributed by atoms with Crippen LogP contribution in [0.4, 0.5) is 0 Å². The van der Waals surface area contributed by atoms with E-state index < -0.39 is 0 Å². The molecule has 2 atom stereocenters. The Bertz CT molecular complexity index is 873. The van der Waals surface area contributed by atoms with Crippen LogP contribution in [0.3, 0.4) is 0 Å². The number of rotatable bonds is 7. The monoisotopic (exact) mass is 367 g/mol. The Kier molecular flexibility index (Phi) is 5.28. The topological polar surface area (TPSA) is 81.8 Å². The van der Waals surface area contributed by atoms with E-state index in [1.807, 2.05) is 29.2 Å². The zero-order chi connectivity index (χ0) is 18.6. The molecule has 1 aliphatic heterocycles. The Balaban J connectivity index is 1.69. The molecule has 2 N–H and O–H groups in total. The van der Waals surface area contributed by atoms with Gasteiger partial charge >= 0.3 is 0 Å². The van der Waals surface area contributed by atoms with Crippen molar-refractivity contribution in [2.24, 2.45) is 0 Å². The molecular formula is C19H25N7O. The van der Waals surface area contributed by atoms with Gasteiger partial charge in [0.2, 0.25) is 0 Å². The van der Waals surface area contributed by atoms with E-state index in [2.05, 4.69) is 44.6 Å². The molecule has 0 aliphatic carbocycles. The van der Waals surface area contributed by atoms with Crippen LogP contribution < -0.4 is 10.9 Å². The molecule has 2 aromatic heterocycles. The summed E-state index contributed by atoms with van der Waals surface area (Å²) in [6, 6.07) is 10.8. The second kappa shape index (κ2) is 7.99. The van der Waals surface area contributed by atoms with Crippen LogP contribution in [-0.2, 0) is 17.8 Å². The van der Waals surface area contributed by atoms with E-state index in [1.165, 1.54) is 0 Å². The molecule has 4 rings (SSSR count). The number of ether oxygens (including phenoxy) is 1. The lowest BCUT2D eigenvalue weighted by Crippen LogP contribution is -2.36. The fourth-order valence-corrected chi connectivity index (χ4v) is 3.61. The maximum Gasteiger partial charge on any atom is 0.177 e. The summed E-state index contributed by atoms with van der Waals surface area (Å²) in [7, 11) is 1.73. The van der Waals surface area contributed by atoms with Crippen LogP contribution in [0.2, 0.25) is 0 Å². The quantitative estimate of drug-likeness (QED) is 0.662. The molecule has 0 bridgehead atoms. The largest absolute Gasteiger partial charge is 0.383 e. The van der Waals surface area contributed by atoms with Crippen molar-refractivity contribution in [1.82, 2.24) is 35.2 Å². The standard InChI is InChI=1S/C19H25N7O/c1-3-26-19(20-12-22-26)18-17(14-7-5-4-6-8-14)21-13-25(18)10-15-9-16(11-27-2)24-23-15/h4-8,12-13,15-16,23-24H,3,9-11H2,1-2H3. The average Bonchev–Trinajstić information content (AvgIpc) is 3.42. The number of aryl methyl sites for hydroxylation is 1. The zero-order valence-electron chi connectivity index (χ0n) is 15.7. The summed E-state index contributed by atoms with van der Waals surface area (Å²) in [4.78, 5) is 9.25. The SMILES string of the molecule is CCn1ncnc1-c1c(-c2ccccc2)ncn1CC1CC(COC)NN1. The van der Waals surface area contributed by atoms with E-state index in [0.29, 0.717) is 18.7 Å². The number of hydrazine groups is 1. The van der Waals surface area contributed by atoms with Gasteiger partial charge in [0.15, 0.2) is 5.82 Å². The molecule has 0 radical (unpaired) electrons. The molecule has 0 amide bonds. The molecule has 3 aromatic rings. The Morgan fingerprint density at radius 3 is 2.74 bits per heavy atom. The number of imidazole rings is 1. The third-order valence-corrected chi connectivity index (χ3v) is 4.86. The van der Waals surface area contributed by atoms with E-state index >= 15 is 0 Å². The minimum atomic E-state index is 0.291. The lowest BCUT2D eigenvalue weighted by Gasteiger charge is -2.14. The number of hydrogen-bond acceptors (Lipinski definition) is 6. The molecule has 1 aromatic carbocycles. The van der Waals surface area contributed by atoms with Gasteiger partial charge in [-0.15, -0.1) is 0 Å². The van der Waals surface area contributed by atoms with Gasteiger partial charge in [-0.05, 0) is 13.3 Å². The van der Waals surface area contributed by atoms with Gasteiger partial charge in [-0.3, -0.25) is 10.9 Å². The molecule has 3 heterocycles. The first-order valence-corrected chi connectivity index (χ1v) is 9.28. The van der Waals surface area contributed by atoms with E-state index in [0.717, 1.165) is 42.3 Å². The van der Waals surface area contributed by atoms with Crippen LogP contribution in [0.1, 0.15) is 13.3 Å². The fraction of sp³-hybridized carbons (Fsp3) is 0.421. The van der Waals surface area contributed by atoms with Crippen LogP contribution in [0.25, 0.3) is 22.8 Å². The molecule has 1 fully saturated rings. The number of benzene rings is 1. The zero-order valence-corrected chi connectivity index (χ0v) is 15.7. The summed E-state index contributed by atoms with van der Waals surface area (Å²) >= 11 is 0. The van der Waals surface area contributed by atoms with E-state index in [-0.39, 0.29) is 0 Å². The van der Waals surface area contributed by atoms with Crippen molar-refractivity contribution in [2.75, 3.05) is 13.7 Å². The maximum absolute atomic E-state index is 5.26. The van der Waals surface area contributed by atoms with E-state index in [9.17, 15) is 0 Å². The van der Waals surface area contributed by atoms with Crippen molar-refractivity contribution >= 4 is 0 Å². The highest BCUT2D eigenvalue weighted by Gasteiger charge is 2.26. The second-order valence-electron chi connectivity index (χ2n) is 6.73. The molecule has 1 saturated heterocycles. The minimum Gasteiger partial charge on any atom is -0.383 e. The summed E-state index contributed by atoms with van der Waals surface area (Å²) in [6.07, 6.45) is 4.50. The van der Waals surface area contributed by atoms with Gasteiger partial charge in [0.1, 0.15) is 12.0 Å². The summed E-state index contributed by atoms with van der Waals surface area (Å²) in [6.45, 7) is 4.31. The molecular weight excluding hydrogens is 342 g/mol. The van der Waals surface area contributed by atoms with Crippen LogP contribution in [0, 0.1) is 0 Å². The average molecular weight is 367 g/mol. The summed E-state index contributed by atoms with van der Waals surface area (Å²) in [5.41, 5.74) is 9.67. The van der Waals surface area contributed by atoms with Crippen LogP contribution in [0.15, 0.2) is 43.0 Å². The van der Waals surface area contributed by atoms with Crippen molar-refractivity contribution < 1.29 is 4.74 Å². The molecule has 27 heavy (non-hydrogen) atoms. The van der Waals surface area contributed by atoms with Gasteiger partial charge in [0, 0.05) is 37.8 Å². The number of methoxy groups -OCH3 is 1. The normalized spacial score (nSPS) is 19.6. The first kappa shape index (κ1) is 17.8. The van der Waals surface area contributed by atoms with Crippen LogP contribution >= 0.6 is 0 Å². The summed E-state index contributed by atoms with van der Waals surface area (Å²) in [5.74, 6) is 0.841. The second-order valence-corrected chi connectivity index (χ2v) is 6.73. The first-order valence-electron chi connectivity index (χ1n) is 9.28. The Labute approximate surface area is 158 Å². The predicted molar refractivity (Wildman–Crippen MR) is 103 cm³/mol. The molecule has 8 heteroatoms. The van der Waals surface area contributed by atoms with Crippen molar-refractivity contribution in [3.63, 3.8) is 0 Å². The molecule has 8 nitrogen and oxygen atoms in total. The lowest BCUT2D eigenvalue weighted by atomic mass is 10.1. The third-order valence-electron chi connectivity index (χ3n) is 4.86. The number of nitrogens with zero attached hydrogens (tertiary/aromatic N) is 5. The van der Waals surface area contributed by atoms with Gasteiger partial charge in [-0.2, -0.15) is 5.10 Å². The minimum absolute atomic E-state index is 0.291. The van der Waals surface area contributed by atoms with Gasteiger partial charge < -0.3 is 9.30 Å². The molecule has 142 valence electrons. The maximum atomic E-state index is 5.26.